The zero-order valence-electron chi connectivity index (χ0n) is 19.8. The molecule has 1 N–H and O–H groups in total. The van der Waals surface area contributed by atoms with Gasteiger partial charge in [0.15, 0.2) is 0 Å². The lowest BCUT2D eigenvalue weighted by atomic mass is 9.81. The van der Waals surface area contributed by atoms with E-state index in [0.29, 0.717) is 64.5 Å². The van der Waals surface area contributed by atoms with Crippen molar-refractivity contribution in [1.82, 2.24) is 0 Å². The van der Waals surface area contributed by atoms with Crippen molar-refractivity contribution >= 4 is 34.6 Å². The lowest BCUT2D eigenvalue weighted by Crippen LogP contribution is -2.20. The van der Waals surface area contributed by atoms with Crippen molar-refractivity contribution in [1.29, 1.82) is 0 Å². The predicted octanol–water partition coefficient (Wildman–Crippen LogP) is 6.32. The number of nitrogens with one attached hydrogen (secondary N) is 1. The van der Waals surface area contributed by atoms with Gasteiger partial charge in [-0.1, -0.05) is 46.4 Å². The van der Waals surface area contributed by atoms with Gasteiger partial charge < -0.3 is 14.8 Å². The number of fused-ring (bicyclic) bond motifs is 2. The number of rotatable bonds is 10. The molecule has 0 saturated carbocycles. The number of halogens is 1. The smallest absolute Gasteiger partial charge is 0.239 e. The largest absolute Gasteiger partial charge is 0.493 e. The Bertz CT molecular complexity index is 1060. The van der Waals surface area contributed by atoms with Crippen LogP contribution in [0.4, 0.5) is 5.69 Å². The number of alkyl halides is 1. The fourth-order valence-electron chi connectivity index (χ4n) is 3.68. The Balaban J connectivity index is 2.06. The third-order valence-electron chi connectivity index (χ3n) is 5.54. The molecule has 0 fully saturated rings. The minimum atomic E-state index is -0.335. The average Bonchev–Trinajstić information content (AvgIpc) is 2.76. The van der Waals surface area contributed by atoms with E-state index in [1.807, 2.05) is 18.2 Å². The lowest BCUT2D eigenvalue weighted by molar-refractivity contribution is -0.113. The Morgan fingerprint density at radius 3 is 2.18 bits per heavy atom. The summed E-state index contributed by atoms with van der Waals surface area (Å²) in [5.41, 5.74) is 3.51. The van der Waals surface area contributed by atoms with Gasteiger partial charge in [-0.15, -0.1) is 11.6 Å². The van der Waals surface area contributed by atoms with E-state index in [1.165, 1.54) is 0 Å². The van der Waals surface area contributed by atoms with Crippen molar-refractivity contribution < 1.29 is 19.1 Å². The van der Waals surface area contributed by atoms with E-state index in [9.17, 15) is 9.59 Å². The second kappa shape index (κ2) is 10.9. The third-order valence-corrected chi connectivity index (χ3v) is 5.79. The summed E-state index contributed by atoms with van der Waals surface area (Å²) >= 11 is 5.67. The highest BCUT2D eigenvalue weighted by Gasteiger charge is 2.32. The van der Waals surface area contributed by atoms with Crippen molar-refractivity contribution in [3.05, 3.63) is 59.2 Å². The number of ketones is 1. The number of benzene rings is 2. The molecule has 1 amide bonds. The van der Waals surface area contributed by atoms with Gasteiger partial charge in [0.2, 0.25) is 11.7 Å². The summed E-state index contributed by atoms with van der Waals surface area (Å²) in [6.07, 6.45) is 1.73. The van der Waals surface area contributed by atoms with Crippen LogP contribution in [0.1, 0.15) is 67.6 Å². The topological polar surface area (TPSA) is 64.6 Å². The molecule has 0 saturated heterocycles. The molecule has 0 unspecified atom stereocenters. The van der Waals surface area contributed by atoms with Gasteiger partial charge in [0, 0.05) is 11.8 Å². The monoisotopic (exact) mass is 469 g/mol. The first-order valence-electron chi connectivity index (χ1n) is 11.4. The molecule has 0 aliphatic heterocycles. The van der Waals surface area contributed by atoms with Crippen LogP contribution in [0.15, 0.2) is 36.9 Å². The lowest BCUT2D eigenvalue weighted by Gasteiger charge is -2.26. The Labute approximate surface area is 201 Å². The van der Waals surface area contributed by atoms with Gasteiger partial charge in [0.25, 0.3) is 0 Å². The second-order valence-corrected chi connectivity index (χ2v) is 9.39. The quantitative estimate of drug-likeness (QED) is 0.353. The molecular weight excluding hydrogens is 438 g/mol. The molecule has 33 heavy (non-hydrogen) atoms. The number of carbonyl (C=O) groups excluding carboxylic acids is 2. The van der Waals surface area contributed by atoms with Crippen LogP contribution in [-0.4, -0.2) is 30.8 Å². The zero-order chi connectivity index (χ0) is 24.1. The van der Waals surface area contributed by atoms with Crippen LogP contribution in [0.3, 0.4) is 0 Å². The van der Waals surface area contributed by atoms with Gasteiger partial charge in [-0.25, -0.2) is 0 Å². The van der Waals surface area contributed by atoms with Crippen molar-refractivity contribution in [2.24, 2.45) is 11.8 Å². The summed E-state index contributed by atoms with van der Waals surface area (Å²) in [5, 5.41) is 2.76. The van der Waals surface area contributed by atoms with Gasteiger partial charge in [-0.05, 0) is 53.5 Å². The van der Waals surface area contributed by atoms with E-state index in [1.54, 1.807) is 12.1 Å². The first kappa shape index (κ1) is 24.8. The molecule has 2 aromatic rings. The molecule has 0 heterocycles. The highest BCUT2D eigenvalue weighted by atomic mass is 35.5. The Hall–Kier alpha value is -2.79. The summed E-state index contributed by atoms with van der Waals surface area (Å²) in [4.78, 5) is 25.7. The van der Waals surface area contributed by atoms with Crippen LogP contribution >= 0.6 is 11.6 Å². The van der Waals surface area contributed by atoms with Gasteiger partial charge >= 0.3 is 0 Å². The van der Waals surface area contributed by atoms with Crippen molar-refractivity contribution in [2.45, 2.75) is 40.5 Å². The normalized spacial score (nSPS) is 12.6. The predicted molar refractivity (Wildman–Crippen MR) is 134 cm³/mol. The van der Waals surface area contributed by atoms with Gasteiger partial charge in [-0.3, -0.25) is 9.59 Å². The molecule has 0 spiro atoms. The molecule has 3 rings (SSSR count). The van der Waals surface area contributed by atoms with Gasteiger partial charge in [-0.2, -0.15) is 0 Å². The van der Waals surface area contributed by atoms with Crippen LogP contribution in [-0.2, 0) is 4.79 Å². The van der Waals surface area contributed by atoms with Gasteiger partial charge in [0.05, 0.1) is 24.3 Å². The Morgan fingerprint density at radius 2 is 1.58 bits per heavy atom. The minimum absolute atomic E-state index is 0.165. The summed E-state index contributed by atoms with van der Waals surface area (Å²) < 4.78 is 12.1. The highest BCUT2D eigenvalue weighted by Crippen LogP contribution is 2.44. The summed E-state index contributed by atoms with van der Waals surface area (Å²) in [5.74, 6) is 1.26. The first-order chi connectivity index (χ1) is 15.7. The van der Waals surface area contributed by atoms with Crippen LogP contribution in [0.2, 0.25) is 0 Å². The maximum atomic E-state index is 13.8. The standard InChI is InChI=1S/C27H32ClNO4/c1-16(2)9-11-32-22-8-6-7-20-18(5)21-13-19(29-24(30)15-28)14-23(33-12-10-17(3)4)26(21)27(31)25(20)22/h6-8,13-14,16-17H,5,9-12,15H2,1-4H3,(H,29,30). The van der Waals surface area contributed by atoms with Crippen LogP contribution in [0.25, 0.3) is 5.57 Å². The molecule has 6 heteroatoms. The first-order valence-corrected chi connectivity index (χ1v) is 11.9. The van der Waals surface area contributed by atoms with Crippen molar-refractivity contribution in [3.8, 4) is 11.5 Å². The summed E-state index contributed by atoms with van der Waals surface area (Å²) in [6, 6.07) is 9.00. The fourth-order valence-corrected chi connectivity index (χ4v) is 3.75. The maximum Gasteiger partial charge on any atom is 0.239 e. The van der Waals surface area contributed by atoms with E-state index in [2.05, 4.69) is 39.6 Å². The van der Waals surface area contributed by atoms with Crippen LogP contribution in [0.5, 0.6) is 11.5 Å². The molecule has 176 valence electrons. The van der Waals surface area contributed by atoms with E-state index >= 15 is 0 Å². The number of anilines is 1. The zero-order valence-corrected chi connectivity index (χ0v) is 20.6. The molecule has 2 aromatic carbocycles. The van der Waals surface area contributed by atoms with E-state index in [0.717, 1.165) is 18.4 Å². The number of hydrogen-bond acceptors (Lipinski definition) is 4. The molecule has 0 atom stereocenters. The van der Waals surface area contributed by atoms with Gasteiger partial charge in [0.1, 0.15) is 17.4 Å². The number of amides is 1. The summed E-state index contributed by atoms with van der Waals surface area (Å²) in [7, 11) is 0. The third kappa shape index (κ3) is 5.77. The van der Waals surface area contributed by atoms with Crippen molar-refractivity contribution in [2.75, 3.05) is 24.4 Å². The van der Waals surface area contributed by atoms with E-state index < -0.39 is 0 Å². The molecular formula is C27H32ClNO4. The van der Waals surface area contributed by atoms with Crippen molar-refractivity contribution in [3.63, 3.8) is 0 Å². The molecule has 0 bridgehead atoms. The highest BCUT2D eigenvalue weighted by molar-refractivity contribution is 6.29. The average molecular weight is 470 g/mol. The van der Waals surface area contributed by atoms with Crippen LogP contribution in [0, 0.1) is 11.8 Å². The minimum Gasteiger partial charge on any atom is -0.493 e. The van der Waals surface area contributed by atoms with Crippen LogP contribution < -0.4 is 14.8 Å². The van der Waals surface area contributed by atoms with E-state index in [4.69, 9.17) is 21.1 Å². The molecule has 1 aliphatic carbocycles. The number of hydrogen-bond donors (Lipinski definition) is 1. The molecule has 5 nitrogen and oxygen atoms in total. The Morgan fingerprint density at radius 1 is 0.970 bits per heavy atom. The fraction of sp³-hybridized carbons (Fsp3) is 0.407. The Kier molecular flexibility index (Phi) is 8.20. The molecule has 0 radical (unpaired) electrons. The molecule has 1 aliphatic rings. The number of ether oxygens (including phenoxy) is 2. The second-order valence-electron chi connectivity index (χ2n) is 9.13. The summed E-state index contributed by atoms with van der Waals surface area (Å²) in [6.45, 7) is 13.7. The maximum absolute atomic E-state index is 13.8. The van der Waals surface area contributed by atoms with E-state index in [-0.39, 0.29) is 17.6 Å². The molecule has 0 aromatic heterocycles. The SMILES string of the molecule is C=C1c2cccc(OCCC(C)C)c2C(=O)c2c(OCCC(C)C)cc(NC(=O)CCl)cc21. The number of carbonyl (C=O) groups is 2.